The van der Waals surface area contributed by atoms with Gasteiger partial charge >= 0.3 is 0 Å². The van der Waals surface area contributed by atoms with Crippen molar-refractivity contribution in [2.75, 3.05) is 0 Å². The Kier molecular flexibility index (Phi) is 2.29. The fraction of sp³-hybridized carbons (Fsp3) is 0.167. The van der Waals surface area contributed by atoms with Crippen molar-refractivity contribution in [3.8, 4) is 11.6 Å². The standard InChI is InChI=1S/C12H11BrN4/c1-7-5-9-10(6-8(7)13)16-11(15-9)12-14-3-4-17(12)2/h3-6H,1-2H3,(H,15,16). The number of fused-ring (bicyclic) bond motifs is 1. The van der Waals surface area contributed by atoms with Gasteiger partial charge in [-0.1, -0.05) is 15.9 Å². The monoisotopic (exact) mass is 290 g/mol. The number of nitrogens with one attached hydrogen (secondary N) is 1. The lowest BCUT2D eigenvalue weighted by atomic mass is 10.2. The maximum atomic E-state index is 4.55. The molecule has 1 N–H and O–H groups in total. The molecule has 0 atom stereocenters. The van der Waals surface area contributed by atoms with Gasteiger partial charge in [-0.15, -0.1) is 0 Å². The Morgan fingerprint density at radius 1 is 1.35 bits per heavy atom. The van der Waals surface area contributed by atoms with Crippen LogP contribution >= 0.6 is 15.9 Å². The molecule has 4 nitrogen and oxygen atoms in total. The van der Waals surface area contributed by atoms with E-state index < -0.39 is 0 Å². The highest BCUT2D eigenvalue weighted by atomic mass is 79.9. The molecular formula is C12H11BrN4. The zero-order valence-electron chi connectivity index (χ0n) is 9.53. The smallest absolute Gasteiger partial charge is 0.175 e. The first-order chi connectivity index (χ1) is 8.15. The number of imidazole rings is 2. The van der Waals surface area contributed by atoms with E-state index in [2.05, 4.69) is 43.9 Å². The van der Waals surface area contributed by atoms with Gasteiger partial charge < -0.3 is 9.55 Å². The van der Waals surface area contributed by atoms with E-state index in [1.54, 1.807) is 6.20 Å². The van der Waals surface area contributed by atoms with Crippen molar-refractivity contribution in [1.82, 2.24) is 19.5 Å². The first-order valence-electron chi connectivity index (χ1n) is 5.29. The summed E-state index contributed by atoms with van der Waals surface area (Å²) in [5.41, 5.74) is 3.16. The molecule has 0 radical (unpaired) electrons. The third-order valence-electron chi connectivity index (χ3n) is 2.80. The molecule has 0 aliphatic rings. The minimum Gasteiger partial charge on any atom is -0.335 e. The molecule has 0 saturated carbocycles. The minimum absolute atomic E-state index is 0.796. The maximum absolute atomic E-state index is 4.55. The highest BCUT2D eigenvalue weighted by molar-refractivity contribution is 9.10. The summed E-state index contributed by atoms with van der Waals surface area (Å²) in [5.74, 6) is 1.64. The van der Waals surface area contributed by atoms with Crippen LogP contribution in [0, 0.1) is 6.92 Å². The zero-order chi connectivity index (χ0) is 12.0. The average Bonchev–Trinajstić information content (AvgIpc) is 2.85. The molecule has 0 aliphatic carbocycles. The quantitative estimate of drug-likeness (QED) is 0.749. The van der Waals surface area contributed by atoms with Crippen molar-refractivity contribution in [2.24, 2.45) is 7.05 Å². The Labute approximate surface area is 107 Å². The summed E-state index contributed by atoms with van der Waals surface area (Å²) in [6.07, 6.45) is 3.67. The Morgan fingerprint density at radius 2 is 2.18 bits per heavy atom. The van der Waals surface area contributed by atoms with E-state index in [1.165, 1.54) is 5.56 Å². The first-order valence-corrected chi connectivity index (χ1v) is 6.08. The second-order valence-corrected chi connectivity index (χ2v) is 4.92. The Balaban J connectivity index is 2.24. The lowest BCUT2D eigenvalue weighted by Gasteiger charge is -1.95. The normalized spacial score (nSPS) is 11.2. The molecule has 1 aromatic carbocycles. The van der Waals surface area contributed by atoms with E-state index in [0.29, 0.717) is 0 Å². The molecule has 0 spiro atoms. The van der Waals surface area contributed by atoms with Gasteiger partial charge in [0, 0.05) is 23.9 Å². The van der Waals surface area contributed by atoms with Gasteiger partial charge in [-0.05, 0) is 24.6 Å². The Bertz CT molecular complexity index is 657. The van der Waals surface area contributed by atoms with Crippen molar-refractivity contribution >= 4 is 27.0 Å². The van der Waals surface area contributed by atoms with Gasteiger partial charge in [-0.3, -0.25) is 0 Å². The molecule has 86 valence electrons. The van der Waals surface area contributed by atoms with Gasteiger partial charge in [0.2, 0.25) is 0 Å². The molecule has 0 fully saturated rings. The molecule has 2 heterocycles. The van der Waals surface area contributed by atoms with Crippen molar-refractivity contribution < 1.29 is 0 Å². The highest BCUT2D eigenvalue weighted by Gasteiger charge is 2.10. The molecule has 3 rings (SSSR count). The number of rotatable bonds is 1. The van der Waals surface area contributed by atoms with E-state index in [4.69, 9.17) is 0 Å². The number of nitrogens with zero attached hydrogens (tertiary/aromatic N) is 3. The summed E-state index contributed by atoms with van der Waals surface area (Å²) in [6.45, 7) is 2.06. The predicted molar refractivity (Wildman–Crippen MR) is 70.7 cm³/mol. The Hall–Kier alpha value is -1.62. The lowest BCUT2D eigenvalue weighted by molar-refractivity contribution is 0.913. The summed E-state index contributed by atoms with van der Waals surface area (Å²) in [5, 5.41) is 0. The van der Waals surface area contributed by atoms with Crippen LogP contribution in [-0.4, -0.2) is 19.5 Å². The van der Waals surface area contributed by atoms with Crippen LogP contribution in [0.15, 0.2) is 29.0 Å². The third-order valence-corrected chi connectivity index (χ3v) is 3.65. The van der Waals surface area contributed by atoms with Crippen molar-refractivity contribution in [3.05, 3.63) is 34.6 Å². The van der Waals surface area contributed by atoms with E-state index in [0.717, 1.165) is 27.2 Å². The van der Waals surface area contributed by atoms with E-state index in [9.17, 15) is 0 Å². The number of H-pyrrole nitrogens is 1. The molecule has 2 aromatic heterocycles. The lowest BCUT2D eigenvalue weighted by Crippen LogP contribution is -1.92. The summed E-state index contributed by atoms with van der Waals surface area (Å²) >= 11 is 3.51. The van der Waals surface area contributed by atoms with Crippen molar-refractivity contribution in [3.63, 3.8) is 0 Å². The molecule has 0 saturated heterocycles. The summed E-state index contributed by atoms with van der Waals surface area (Å²) in [7, 11) is 1.96. The summed E-state index contributed by atoms with van der Waals surface area (Å²) < 4.78 is 3.02. The topological polar surface area (TPSA) is 46.5 Å². The molecule has 0 bridgehead atoms. The van der Waals surface area contributed by atoms with E-state index >= 15 is 0 Å². The number of aryl methyl sites for hydroxylation is 2. The number of aromatic amines is 1. The van der Waals surface area contributed by atoms with Gasteiger partial charge in [-0.2, -0.15) is 0 Å². The number of hydrogen-bond donors (Lipinski definition) is 1. The molecule has 17 heavy (non-hydrogen) atoms. The molecule has 0 unspecified atom stereocenters. The fourth-order valence-electron chi connectivity index (χ4n) is 1.84. The van der Waals surface area contributed by atoms with Crippen LogP contribution in [-0.2, 0) is 7.05 Å². The van der Waals surface area contributed by atoms with Crippen molar-refractivity contribution in [2.45, 2.75) is 6.92 Å². The van der Waals surface area contributed by atoms with Crippen LogP contribution in [0.25, 0.3) is 22.7 Å². The van der Waals surface area contributed by atoms with Crippen LogP contribution in [0.5, 0.6) is 0 Å². The van der Waals surface area contributed by atoms with Gasteiger partial charge in [-0.25, -0.2) is 9.97 Å². The van der Waals surface area contributed by atoms with Gasteiger partial charge in [0.1, 0.15) is 0 Å². The maximum Gasteiger partial charge on any atom is 0.175 e. The summed E-state index contributed by atoms with van der Waals surface area (Å²) in [4.78, 5) is 12.1. The molecule has 0 aliphatic heterocycles. The molecule has 3 aromatic rings. The number of halogens is 1. The molecule has 5 heteroatoms. The molecule has 0 amide bonds. The number of aromatic nitrogens is 4. The SMILES string of the molecule is Cc1cc2[nH]c(-c3nccn3C)nc2cc1Br. The van der Waals surface area contributed by atoms with Gasteiger partial charge in [0.05, 0.1) is 11.0 Å². The van der Waals surface area contributed by atoms with Crippen LogP contribution in [0.2, 0.25) is 0 Å². The number of hydrogen-bond acceptors (Lipinski definition) is 2. The van der Waals surface area contributed by atoms with Crippen LogP contribution < -0.4 is 0 Å². The van der Waals surface area contributed by atoms with Crippen LogP contribution in [0.1, 0.15) is 5.56 Å². The second-order valence-electron chi connectivity index (χ2n) is 4.07. The third kappa shape index (κ3) is 1.67. The predicted octanol–water partition coefficient (Wildman–Crippen LogP) is 3.03. The minimum atomic E-state index is 0.796. The van der Waals surface area contributed by atoms with Crippen molar-refractivity contribution in [1.29, 1.82) is 0 Å². The number of benzene rings is 1. The first kappa shape index (κ1) is 10.5. The highest BCUT2D eigenvalue weighted by Crippen LogP contribution is 2.24. The fourth-order valence-corrected chi connectivity index (χ4v) is 2.17. The van der Waals surface area contributed by atoms with Gasteiger partial charge in [0.25, 0.3) is 0 Å². The zero-order valence-corrected chi connectivity index (χ0v) is 11.1. The van der Waals surface area contributed by atoms with E-state index in [-0.39, 0.29) is 0 Å². The van der Waals surface area contributed by atoms with Crippen LogP contribution in [0.4, 0.5) is 0 Å². The van der Waals surface area contributed by atoms with Crippen LogP contribution in [0.3, 0.4) is 0 Å². The Morgan fingerprint density at radius 3 is 2.88 bits per heavy atom. The van der Waals surface area contributed by atoms with Gasteiger partial charge in [0.15, 0.2) is 11.6 Å². The van der Waals surface area contributed by atoms with E-state index in [1.807, 2.05) is 23.9 Å². The average molecular weight is 291 g/mol. The summed E-state index contributed by atoms with van der Waals surface area (Å²) in [6, 6.07) is 4.10. The largest absolute Gasteiger partial charge is 0.335 e. The second kappa shape index (κ2) is 3.70. The molecular weight excluding hydrogens is 280 g/mol.